The summed E-state index contributed by atoms with van der Waals surface area (Å²) in [4.78, 5) is 15.2. The summed E-state index contributed by atoms with van der Waals surface area (Å²) in [5.41, 5.74) is -0.405. The lowest BCUT2D eigenvalue weighted by Gasteiger charge is -2.34. The second-order valence-electron chi connectivity index (χ2n) is 9.02. The Hall–Kier alpha value is -1.20. The lowest BCUT2D eigenvalue weighted by molar-refractivity contribution is -0.0125. The molecule has 29 heavy (non-hydrogen) atoms. The first-order chi connectivity index (χ1) is 13.9. The number of amides is 1. The molecule has 0 N–H and O–H groups in total. The number of hydrogen-bond acceptors (Lipinski definition) is 4. The van der Waals surface area contributed by atoms with Crippen molar-refractivity contribution in [2.45, 2.75) is 82.3 Å². The summed E-state index contributed by atoms with van der Waals surface area (Å²) in [5.74, 6) is 0.602. The van der Waals surface area contributed by atoms with Crippen LogP contribution in [-0.2, 0) is 9.47 Å². The molecule has 0 radical (unpaired) electrons. The van der Waals surface area contributed by atoms with Crippen LogP contribution in [0.4, 0.5) is 4.79 Å². The van der Waals surface area contributed by atoms with E-state index in [4.69, 9.17) is 9.47 Å². The van der Waals surface area contributed by atoms with E-state index >= 15 is 0 Å². The number of carbonyl (C=O) groups excluding carboxylic acids is 1. The molecular formula is C24H39NO3S. The molecule has 164 valence electrons. The summed E-state index contributed by atoms with van der Waals surface area (Å²) >= 11 is 1.77. The van der Waals surface area contributed by atoms with Crippen molar-refractivity contribution >= 4 is 17.9 Å². The van der Waals surface area contributed by atoms with Crippen LogP contribution in [0.2, 0.25) is 0 Å². The molecule has 1 aromatic carbocycles. The van der Waals surface area contributed by atoms with Crippen LogP contribution in [0, 0.1) is 5.92 Å². The molecule has 5 heteroatoms. The standard InChI is InChI=1S/C17H31NO3.C7H8S/c1-17(2,3)21-16(19)18-11-9-14(10-12-18)13-20-15-7-5-4-6-8-15;1-8-7-5-3-2-4-6-7/h14-15H,4-13H2,1-3H3;2-6H,1H3. The Morgan fingerprint density at radius 2 is 1.66 bits per heavy atom. The molecule has 4 nitrogen and oxygen atoms in total. The lowest BCUT2D eigenvalue weighted by atomic mass is 9.96. The van der Waals surface area contributed by atoms with Crippen molar-refractivity contribution in [1.82, 2.24) is 4.90 Å². The van der Waals surface area contributed by atoms with Gasteiger partial charge in [0, 0.05) is 24.6 Å². The van der Waals surface area contributed by atoms with Gasteiger partial charge in [-0.25, -0.2) is 4.79 Å². The van der Waals surface area contributed by atoms with Crippen molar-refractivity contribution in [2.24, 2.45) is 5.92 Å². The zero-order chi connectivity index (χ0) is 21.1. The van der Waals surface area contributed by atoms with Gasteiger partial charge in [-0.05, 0) is 70.8 Å². The van der Waals surface area contributed by atoms with Gasteiger partial charge in [-0.2, -0.15) is 0 Å². The summed E-state index contributed by atoms with van der Waals surface area (Å²) in [6.45, 7) is 8.20. The fourth-order valence-electron chi connectivity index (χ4n) is 3.67. The van der Waals surface area contributed by atoms with Crippen LogP contribution < -0.4 is 0 Å². The van der Waals surface area contributed by atoms with E-state index in [9.17, 15) is 4.79 Å². The maximum absolute atomic E-state index is 12.0. The second-order valence-corrected chi connectivity index (χ2v) is 9.90. The molecule has 1 saturated heterocycles. The third-order valence-corrected chi connectivity index (χ3v) is 6.11. The molecule has 2 aliphatic rings. The Balaban J connectivity index is 0.000000313. The number of carbonyl (C=O) groups is 1. The Kier molecular flexibility index (Phi) is 10.4. The number of ether oxygens (including phenoxy) is 2. The summed E-state index contributed by atoms with van der Waals surface area (Å²) in [5, 5.41) is 0. The van der Waals surface area contributed by atoms with E-state index in [-0.39, 0.29) is 6.09 Å². The van der Waals surface area contributed by atoms with E-state index in [0.29, 0.717) is 12.0 Å². The third kappa shape index (κ3) is 9.90. The molecule has 0 bridgehead atoms. The van der Waals surface area contributed by atoms with Gasteiger partial charge >= 0.3 is 6.09 Å². The Bertz CT molecular complexity index is 574. The molecular weight excluding hydrogens is 382 g/mol. The van der Waals surface area contributed by atoms with Crippen LogP contribution >= 0.6 is 11.8 Å². The molecule has 1 amide bonds. The van der Waals surface area contributed by atoms with Gasteiger partial charge in [0.15, 0.2) is 0 Å². The average Bonchev–Trinajstić information content (AvgIpc) is 2.73. The van der Waals surface area contributed by atoms with Gasteiger partial charge in [0.2, 0.25) is 0 Å². The van der Waals surface area contributed by atoms with E-state index in [1.54, 1.807) is 11.8 Å². The quantitative estimate of drug-likeness (QED) is 0.528. The minimum absolute atomic E-state index is 0.172. The van der Waals surface area contributed by atoms with Gasteiger partial charge in [0.1, 0.15) is 5.60 Å². The minimum Gasteiger partial charge on any atom is -0.444 e. The Morgan fingerprint density at radius 1 is 1.03 bits per heavy atom. The minimum atomic E-state index is -0.405. The number of piperidine rings is 1. The average molecular weight is 422 g/mol. The van der Waals surface area contributed by atoms with Crippen LogP contribution in [0.1, 0.15) is 65.7 Å². The van der Waals surface area contributed by atoms with Gasteiger partial charge in [-0.15, -0.1) is 11.8 Å². The summed E-state index contributed by atoms with van der Waals surface area (Å²) in [6, 6.07) is 10.3. The summed E-state index contributed by atoms with van der Waals surface area (Å²) in [6.07, 6.45) is 10.9. The van der Waals surface area contributed by atoms with E-state index < -0.39 is 5.60 Å². The maximum Gasteiger partial charge on any atom is 0.410 e. The number of nitrogens with zero attached hydrogens (tertiary/aromatic N) is 1. The Morgan fingerprint density at radius 3 is 2.17 bits per heavy atom. The normalized spacial score (nSPS) is 18.7. The van der Waals surface area contributed by atoms with Crippen LogP contribution in [0.15, 0.2) is 35.2 Å². The van der Waals surface area contributed by atoms with Crippen LogP contribution in [-0.4, -0.2) is 48.7 Å². The number of rotatable bonds is 4. The van der Waals surface area contributed by atoms with Crippen molar-refractivity contribution in [3.8, 4) is 0 Å². The molecule has 2 fully saturated rings. The van der Waals surface area contributed by atoms with E-state index in [1.807, 2.05) is 43.9 Å². The SMILES string of the molecule is CC(C)(C)OC(=O)N1CCC(COC2CCCCC2)CC1.CSc1ccccc1. The highest BCUT2D eigenvalue weighted by atomic mass is 32.2. The zero-order valence-corrected chi connectivity index (χ0v) is 19.5. The molecule has 1 aliphatic heterocycles. The fraction of sp³-hybridized carbons (Fsp3) is 0.708. The monoisotopic (exact) mass is 421 g/mol. The van der Waals surface area contributed by atoms with Crippen molar-refractivity contribution in [1.29, 1.82) is 0 Å². The molecule has 0 spiro atoms. The number of hydrogen-bond donors (Lipinski definition) is 0. The van der Waals surface area contributed by atoms with Gasteiger partial charge in [0.05, 0.1) is 6.10 Å². The number of likely N-dealkylation sites (tertiary alicyclic amines) is 1. The first-order valence-corrected chi connectivity index (χ1v) is 12.3. The number of benzene rings is 1. The van der Waals surface area contributed by atoms with E-state index in [0.717, 1.165) is 32.5 Å². The van der Waals surface area contributed by atoms with Gasteiger partial charge in [-0.1, -0.05) is 37.5 Å². The first kappa shape index (κ1) is 24.1. The van der Waals surface area contributed by atoms with Crippen molar-refractivity contribution in [2.75, 3.05) is 26.0 Å². The highest BCUT2D eigenvalue weighted by Crippen LogP contribution is 2.24. The molecule has 1 aliphatic carbocycles. The predicted molar refractivity (Wildman–Crippen MR) is 122 cm³/mol. The highest BCUT2D eigenvalue weighted by molar-refractivity contribution is 7.98. The van der Waals surface area contributed by atoms with Crippen LogP contribution in [0.5, 0.6) is 0 Å². The van der Waals surface area contributed by atoms with Crippen molar-refractivity contribution < 1.29 is 14.3 Å². The second kappa shape index (κ2) is 12.5. The largest absolute Gasteiger partial charge is 0.444 e. The first-order valence-electron chi connectivity index (χ1n) is 11.1. The fourth-order valence-corrected chi connectivity index (χ4v) is 4.10. The molecule has 1 aromatic rings. The van der Waals surface area contributed by atoms with Gasteiger partial charge in [-0.3, -0.25) is 0 Å². The molecule has 0 atom stereocenters. The van der Waals surface area contributed by atoms with Gasteiger partial charge < -0.3 is 14.4 Å². The number of thioether (sulfide) groups is 1. The topological polar surface area (TPSA) is 38.8 Å². The smallest absolute Gasteiger partial charge is 0.410 e. The zero-order valence-electron chi connectivity index (χ0n) is 18.7. The van der Waals surface area contributed by atoms with Crippen LogP contribution in [0.25, 0.3) is 0 Å². The van der Waals surface area contributed by atoms with Crippen molar-refractivity contribution in [3.05, 3.63) is 30.3 Å². The lowest BCUT2D eigenvalue weighted by Crippen LogP contribution is -2.42. The van der Waals surface area contributed by atoms with Crippen molar-refractivity contribution in [3.63, 3.8) is 0 Å². The van der Waals surface area contributed by atoms with E-state index in [2.05, 4.69) is 18.4 Å². The Labute approximate surface area is 181 Å². The summed E-state index contributed by atoms with van der Waals surface area (Å²) in [7, 11) is 0. The maximum atomic E-state index is 12.0. The molecule has 0 aromatic heterocycles. The molecule has 1 heterocycles. The third-order valence-electron chi connectivity index (χ3n) is 5.36. The molecule has 0 unspecified atom stereocenters. The van der Waals surface area contributed by atoms with E-state index in [1.165, 1.54) is 37.0 Å². The molecule has 1 saturated carbocycles. The highest BCUT2D eigenvalue weighted by Gasteiger charge is 2.27. The summed E-state index contributed by atoms with van der Waals surface area (Å²) < 4.78 is 11.5. The van der Waals surface area contributed by atoms with Crippen LogP contribution in [0.3, 0.4) is 0 Å². The molecule has 3 rings (SSSR count). The predicted octanol–water partition coefficient (Wildman–Crippen LogP) is 6.39. The van der Waals surface area contributed by atoms with Gasteiger partial charge in [0.25, 0.3) is 0 Å².